The fourth-order valence-electron chi connectivity index (χ4n) is 3.52. The smallest absolute Gasteiger partial charge is 0.129 e. The second kappa shape index (κ2) is 12.4. The molecular formula is C24H31FN2O4. The number of hydrogen-bond donors (Lipinski definition) is 1. The van der Waals surface area contributed by atoms with E-state index in [-0.39, 0.29) is 12.4 Å². The van der Waals surface area contributed by atoms with Gasteiger partial charge in [-0.3, -0.25) is 4.90 Å². The van der Waals surface area contributed by atoms with Crippen molar-refractivity contribution in [3.8, 4) is 0 Å². The number of benzene rings is 1. The topological polar surface area (TPSA) is 60.0 Å². The van der Waals surface area contributed by atoms with Crippen molar-refractivity contribution in [2.45, 2.75) is 32.2 Å². The molecule has 3 rings (SSSR count). The van der Waals surface area contributed by atoms with Gasteiger partial charge in [0.2, 0.25) is 0 Å². The van der Waals surface area contributed by atoms with Gasteiger partial charge < -0.3 is 23.6 Å². The van der Waals surface area contributed by atoms with Crippen molar-refractivity contribution in [3.63, 3.8) is 0 Å². The van der Waals surface area contributed by atoms with E-state index in [1.54, 1.807) is 25.5 Å². The van der Waals surface area contributed by atoms with E-state index in [9.17, 15) is 9.50 Å². The molecule has 3 aromatic rings. The fourth-order valence-corrected chi connectivity index (χ4v) is 3.52. The van der Waals surface area contributed by atoms with Crippen molar-refractivity contribution in [1.82, 2.24) is 9.47 Å². The molecule has 168 valence electrons. The predicted molar refractivity (Wildman–Crippen MR) is 116 cm³/mol. The van der Waals surface area contributed by atoms with Crippen LogP contribution in [0.4, 0.5) is 4.39 Å². The molecule has 1 atom stereocenters. The number of halogens is 1. The molecule has 31 heavy (non-hydrogen) atoms. The van der Waals surface area contributed by atoms with Crippen molar-refractivity contribution in [1.29, 1.82) is 0 Å². The van der Waals surface area contributed by atoms with E-state index >= 15 is 0 Å². The maximum Gasteiger partial charge on any atom is 0.129 e. The molecule has 0 aliphatic heterocycles. The minimum absolute atomic E-state index is 0.228. The van der Waals surface area contributed by atoms with Crippen LogP contribution in [0.15, 0.2) is 65.4 Å². The summed E-state index contributed by atoms with van der Waals surface area (Å²) < 4.78 is 31.7. The lowest BCUT2D eigenvalue weighted by Gasteiger charge is -2.25. The van der Waals surface area contributed by atoms with Crippen LogP contribution in [0, 0.1) is 5.82 Å². The molecule has 0 aliphatic rings. The van der Waals surface area contributed by atoms with Gasteiger partial charge in [0.25, 0.3) is 0 Å². The Balaban J connectivity index is 1.56. The highest BCUT2D eigenvalue weighted by Crippen LogP contribution is 2.13. The van der Waals surface area contributed by atoms with E-state index in [4.69, 9.17) is 13.9 Å². The average Bonchev–Trinajstić information content (AvgIpc) is 3.41. The summed E-state index contributed by atoms with van der Waals surface area (Å²) >= 11 is 0. The van der Waals surface area contributed by atoms with Crippen LogP contribution in [0.2, 0.25) is 0 Å². The minimum atomic E-state index is -0.621. The zero-order valence-electron chi connectivity index (χ0n) is 18.0. The van der Waals surface area contributed by atoms with Gasteiger partial charge in [0.1, 0.15) is 18.2 Å². The van der Waals surface area contributed by atoms with Gasteiger partial charge in [0, 0.05) is 51.8 Å². The molecule has 2 heterocycles. The summed E-state index contributed by atoms with van der Waals surface area (Å²) in [6.07, 6.45) is 3.84. The number of aliphatic hydroxyl groups excluding tert-OH is 1. The Bertz CT molecular complexity index is 881. The Morgan fingerprint density at radius 1 is 1.19 bits per heavy atom. The molecular weight excluding hydrogens is 399 g/mol. The molecule has 0 amide bonds. The normalized spacial score (nSPS) is 12.5. The molecule has 2 aromatic heterocycles. The van der Waals surface area contributed by atoms with Crippen molar-refractivity contribution in [2.75, 3.05) is 33.4 Å². The molecule has 1 N–H and O–H groups in total. The van der Waals surface area contributed by atoms with E-state index < -0.39 is 6.10 Å². The van der Waals surface area contributed by atoms with Gasteiger partial charge >= 0.3 is 0 Å². The number of ether oxygens (including phenoxy) is 2. The highest BCUT2D eigenvalue weighted by atomic mass is 19.1. The number of hydrogen-bond acceptors (Lipinski definition) is 5. The first-order valence-electron chi connectivity index (χ1n) is 10.5. The quantitative estimate of drug-likeness (QED) is 0.396. The lowest BCUT2D eigenvalue weighted by Crippen LogP contribution is -2.36. The number of furan rings is 1. The Hall–Kier alpha value is -2.45. The number of aromatic nitrogens is 1. The molecule has 6 nitrogen and oxygen atoms in total. The Labute approximate surface area is 182 Å². The number of nitrogens with zero attached hydrogens (tertiary/aromatic N) is 2. The van der Waals surface area contributed by atoms with Gasteiger partial charge in [-0.1, -0.05) is 12.1 Å². The van der Waals surface area contributed by atoms with E-state index in [0.29, 0.717) is 32.8 Å². The zero-order valence-corrected chi connectivity index (χ0v) is 18.0. The number of methoxy groups -OCH3 is 1. The first kappa shape index (κ1) is 23.2. The molecule has 0 spiro atoms. The Morgan fingerprint density at radius 3 is 2.87 bits per heavy atom. The van der Waals surface area contributed by atoms with Crippen LogP contribution in [0.5, 0.6) is 0 Å². The second-order valence-corrected chi connectivity index (χ2v) is 7.59. The monoisotopic (exact) mass is 430 g/mol. The third kappa shape index (κ3) is 7.95. The fraction of sp³-hybridized carbons (Fsp3) is 0.417. The van der Waals surface area contributed by atoms with Gasteiger partial charge in [-0.15, -0.1) is 0 Å². The Morgan fingerprint density at radius 2 is 2.10 bits per heavy atom. The van der Waals surface area contributed by atoms with Crippen LogP contribution in [-0.4, -0.2) is 54.1 Å². The summed E-state index contributed by atoms with van der Waals surface area (Å²) in [5, 5.41) is 10.5. The third-order valence-electron chi connectivity index (χ3n) is 4.98. The minimum Gasteiger partial charge on any atom is -0.467 e. The van der Waals surface area contributed by atoms with E-state index in [1.165, 1.54) is 6.07 Å². The number of aliphatic hydroxyl groups is 1. The highest BCUT2D eigenvalue weighted by Gasteiger charge is 2.15. The van der Waals surface area contributed by atoms with Gasteiger partial charge in [0.05, 0.1) is 19.0 Å². The van der Waals surface area contributed by atoms with Gasteiger partial charge in [0.15, 0.2) is 0 Å². The lowest BCUT2D eigenvalue weighted by molar-refractivity contribution is 0.00251. The molecule has 0 aliphatic carbocycles. The molecule has 0 fully saturated rings. The average molecular weight is 431 g/mol. The number of rotatable bonds is 14. The van der Waals surface area contributed by atoms with Crippen LogP contribution in [-0.2, 0) is 29.2 Å². The zero-order chi connectivity index (χ0) is 21.9. The second-order valence-electron chi connectivity index (χ2n) is 7.59. The van der Waals surface area contributed by atoms with Gasteiger partial charge in [-0.05, 0) is 48.4 Å². The van der Waals surface area contributed by atoms with Gasteiger partial charge in [-0.25, -0.2) is 4.39 Å². The maximum absolute atomic E-state index is 13.5. The molecule has 0 bridgehead atoms. The highest BCUT2D eigenvalue weighted by molar-refractivity contribution is 5.19. The summed E-state index contributed by atoms with van der Waals surface area (Å²) in [5.41, 5.74) is 2.01. The summed E-state index contributed by atoms with van der Waals surface area (Å²) in [6, 6.07) is 14.4. The van der Waals surface area contributed by atoms with Crippen LogP contribution in [0.25, 0.3) is 0 Å². The first-order valence-corrected chi connectivity index (χ1v) is 10.5. The Kier molecular flexibility index (Phi) is 9.30. The van der Waals surface area contributed by atoms with Crippen LogP contribution >= 0.6 is 0 Å². The van der Waals surface area contributed by atoms with Crippen molar-refractivity contribution < 1.29 is 23.4 Å². The van der Waals surface area contributed by atoms with E-state index in [2.05, 4.69) is 15.5 Å². The van der Waals surface area contributed by atoms with E-state index in [0.717, 1.165) is 30.0 Å². The first-order chi connectivity index (χ1) is 15.1. The molecule has 0 saturated carbocycles. The van der Waals surface area contributed by atoms with Crippen LogP contribution in [0.3, 0.4) is 0 Å². The summed E-state index contributed by atoms with van der Waals surface area (Å²) in [6.45, 7) is 3.76. The summed E-state index contributed by atoms with van der Waals surface area (Å²) in [5.74, 6) is 0.504. The molecule has 0 radical (unpaired) electrons. The SMILES string of the molecule is COCCCN(Cc1cccn1Cc1cccc(F)c1)C[C@@H](O)COCc1ccco1. The van der Waals surface area contributed by atoms with Crippen molar-refractivity contribution in [3.05, 3.63) is 83.8 Å². The largest absolute Gasteiger partial charge is 0.467 e. The summed E-state index contributed by atoms with van der Waals surface area (Å²) in [7, 11) is 1.69. The van der Waals surface area contributed by atoms with E-state index in [1.807, 2.05) is 30.5 Å². The molecule has 0 saturated heterocycles. The molecule has 1 aromatic carbocycles. The predicted octanol–water partition coefficient (Wildman–Crippen LogP) is 3.68. The van der Waals surface area contributed by atoms with Crippen molar-refractivity contribution in [2.24, 2.45) is 0 Å². The van der Waals surface area contributed by atoms with Gasteiger partial charge in [-0.2, -0.15) is 0 Å². The molecule has 7 heteroatoms. The van der Waals surface area contributed by atoms with Crippen LogP contribution < -0.4 is 0 Å². The lowest BCUT2D eigenvalue weighted by atomic mass is 10.2. The summed E-state index contributed by atoms with van der Waals surface area (Å²) in [4.78, 5) is 2.19. The molecule has 0 unspecified atom stereocenters. The standard InChI is InChI=1S/C24H31FN2O4/c1-29-12-5-10-26(17-23(28)18-30-19-24-9-4-13-31-24)16-22-8-3-11-27(22)15-20-6-2-7-21(25)14-20/h2-4,6-9,11,13-14,23,28H,5,10,12,15-19H2,1H3/t23-/m1/s1. The van der Waals surface area contributed by atoms with Crippen LogP contribution in [0.1, 0.15) is 23.4 Å². The third-order valence-corrected chi connectivity index (χ3v) is 4.98. The van der Waals surface area contributed by atoms with Crippen molar-refractivity contribution >= 4 is 0 Å². The maximum atomic E-state index is 13.5.